The molecule has 0 aromatic heterocycles. The Morgan fingerprint density at radius 3 is 2.31 bits per heavy atom. The lowest BCUT2D eigenvalue weighted by molar-refractivity contribution is -0.135. The van der Waals surface area contributed by atoms with Crippen LogP contribution >= 0.6 is 0 Å². The number of imide groups is 1. The van der Waals surface area contributed by atoms with Crippen molar-refractivity contribution >= 4 is 17.8 Å². The lowest BCUT2D eigenvalue weighted by Crippen LogP contribution is -2.49. The molecule has 4 amide bonds. The standard InChI is InChI=1S/C20H29N3O3/c1-7-19(4,5)21-16(24)12-23-17(25)20(6,22-18(23)26)15-10-8-14(9-11-15)13(2)3/h8-11,13H,7,12H2,1-6H3,(H,21,24)(H,22,26)/t20-/m1/s1. The maximum atomic E-state index is 12.9. The fraction of sp³-hybridized carbons (Fsp3) is 0.550. The van der Waals surface area contributed by atoms with E-state index in [1.807, 2.05) is 45.0 Å². The molecule has 1 aliphatic rings. The number of urea groups is 1. The molecule has 6 heteroatoms. The minimum atomic E-state index is -1.16. The number of nitrogens with one attached hydrogen (secondary N) is 2. The molecule has 6 nitrogen and oxygen atoms in total. The number of carbonyl (C=O) groups is 3. The summed E-state index contributed by atoms with van der Waals surface area (Å²) in [4.78, 5) is 38.5. The summed E-state index contributed by atoms with van der Waals surface area (Å²) >= 11 is 0. The Balaban J connectivity index is 2.18. The summed E-state index contributed by atoms with van der Waals surface area (Å²) < 4.78 is 0. The second-order valence-electron chi connectivity index (χ2n) is 8.01. The molecule has 26 heavy (non-hydrogen) atoms. The first kappa shape index (κ1) is 19.9. The van der Waals surface area contributed by atoms with Crippen LogP contribution < -0.4 is 10.6 Å². The van der Waals surface area contributed by atoms with E-state index in [4.69, 9.17) is 0 Å². The van der Waals surface area contributed by atoms with Gasteiger partial charge in [0.05, 0.1) is 0 Å². The Kier molecular flexibility index (Phi) is 5.44. The fourth-order valence-electron chi connectivity index (χ4n) is 2.89. The second-order valence-corrected chi connectivity index (χ2v) is 8.01. The largest absolute Gasteiger partial charge is 0.350 e. The molecule has 1 aliphatic heterocycles. The highest BCUT2D eigenvalue weighted by Gasteiger charge is 2.49. The van der Waals surface area contributed by atoms with Crippen molar-refractivity contribution in [2.75, 3.05) is 6.54 Å². The Morgan fingerprint density at radius 1 is 1.23 bits per heavy atom. The normalized spacial score (nSPS) is 20.5. The minimum Gasteiger partial charge on any atom is -0.350 e. The highest BCUT2D eigenvalue weighted by atomic mass is 16.2. The molecule has 0 saturated carbocycles. The summed E-state index contributed by atoms with van der Waals surface area (Å²) in [5, 5.41) is 5.58. The number of nitrogens with zero attached hydrogens (tertiary/aromatic N) is 1. The van der Waals surface area contributed by atoms with E-state index < -0.39 is 17.5 Å². The third-order valence-corrected chi connectivity index (χ3v) is 5.09. The molecule has 0 unspecified atom stereocenters. The Morgan fingerprint density at radius 2 is 1.81 bits per heavy atom. The van der Waals surface area contributed by atoms with Gasteiger partial charge in [-0.05, 0) is 44.2 Å². The summed E-state index contributed by atoms with van der Waals surface area (Å²) in [5.41, 5.74) is 0.323. The van der Waals surface area contributed by atoms with E-state index in [-0.39, 0.29) is 18.0 Å². The summed E-state index contributed by atoms with van der Waals surface area (Å²) in [7, 11) is 0. The van der Waals surface area contributed by atoms with Crippen molar-refractivity contribution in [1.29, 1.82) is 0 Å². The van der Waals surface area contributed by atoms with E-state index in [0.29, 0.717) is 11.5 Å². The van der Waals surface area contributed by atoms with Gasteiger partial charge in [0, 0.05) is 5.54 Å². The first-order valence-corrected chi connectivity index (χ1v) is 9.05. The van der Waals surface area contributed by atoms with Gasteiger partial charge in [0.1, 0.15) is 12.1 Å². The van der Waals surface area contributed by atoms with Gasteiger partial charge in [-0.3, -0.25) is 14.5 Å². The van der Waals surface area contributed by atoms with Gasteiger partial charge in [-0.15, -0.1) is 0 Å². The monoisotopic (exact) mass is 359 g/mol. The molecule has 0 radical (unpaired) electrons. The molecule has 1 heterocycles. The molecule has 1 atom stereocenters. The van der Waals surface area contributed by atoms with Crippen molar-refractivity contribution in [3.05, 3.63) is 35.4 Å². The average Bonchev–Trinajstić information content (AvgIpc) is 2.78. The molecule has 2 rings (SSSR count). The van der Waals surface area contributed by atoms with Crippen LogP contribution in [0.1, 0.15) is 65.0 Å². The first-order chi connectivity index (χ1) is 12.0. The predicted molar refractivity (Wildman–Crippen MR) is 101 cm³/mol. The van der Waals surface area contributed by atoms with Crippen molar-refractivity contribution < 1.29 is 14.4 Å². The van der Waals surface area contributed by atoms with Crippen molar-refractivity contribution in [3.8, 4) is 0 Å². The van der Waals surface area contributed by atoms with Crippen LogP contribution in [0.5, 0.6) is 0 Å². The van der Waals surface area contributed by atoms with Crippen LogP contribution in [0.3, 0.4) is 0 Å². The predicted octanol–water partition coefficient (Wildman–Crippen LogP) is 2.88. The van der Waals surface area contributed by atoms with Crippen molar-refractivity contribution in [1.82, 2.24) is 15.5 Å². The second kappa shape index (κ2) is 7.09. The highest BCUT2D eigenvalue weighted by Crippen LogP contribution is 2.29. The average molecular weight is 359 g/mol. The zero-order valence-electron chi connectivity index (χ0n) is 16.5. The molecule has 1 aromatic rings. The maximum absolute atomic E-state index is 12.9. The van der Waals surface area contributed by atoms with Gasteiger partial charge in [0.2, 0.25) is 5.91 Å². The van der Waals surface area contributed by atoms with Crippen LogP contribution in [0, 0.1) is 0 Å². The zero-order chi connectivity index (χ0) is 19.7. The molecular formula is C20H29N3O3. The highest BCUT2D eigenvalue weighted by molar-refractivity contribution is 6.09. The molecule has 1 fully saturated rings. The maximum Gasteiger partial charge on any atom is 0.325 e. The van der Waals surface area contributed by atoms with Gasteiger partial charge in [0.25, 0.3) is 5.91 Å². The third kappa shape index (κ3) is 3.89. The van der Waals surface area contributed by atoms with Crippen LogP contribution in [0.25, 0.3) is 0 Å². The van der Waals surface area contributed by atoms with Crippen LogP contribution in [0.15, 0.2) is 24.3 Å². The Labute approximate surface area is 155 Å². The number of carbonyl (C=O) groups excluding carboxylic acids is 3. The SMILES string of the molecule is CCC(C)(C)NC(=O)CN1C(=O)N[C@](C)(c2ccc(C(C)C)cc2)C1=O. The van der Waals surface area contributed by atoms with Gasteiger partial charge in [-0.25, -0.2) is 4.79 Å². The molecule has 0 bridgehead atoms. The lowest BCUT2D eigenvalue weighted by atomic mass is 9.90. The van der Waals surface area contributed by atoms with E-state index >= 15 is 0 Å². The van der Waals surface area contributed by atoms with Crippen LogP contribution in [-0.2, 0) is 15.1 Å². The van der Waals surface area contributed by atoms with E-state index in [2.05, 4.69) is 24.5 Å². The number of benzene rings is 1. The van der Waals surface area contributed by atoms with E-state index in [1.54, 1.807) is 6.92 Å². The lowest BCUT2D eigenvalue weighted by Gasteiger charge is -2.26. The van der Waals surface area contributed by atoms with Crippen molar-refractivity contribution in [3.63, 3.8) is 0 Å². The molecular weight excluding hydrogens is 330 g/mol. The van der Waals surface area contributed by atoms with Gasteiger partial charge in [-0.1, -0.05) is 45.0 Å². The molecule has 0 aliphatic carbocycles. The van der Waals surface area contributed by atoms with Crippen molar-refractivity contribution in [2.24, 2.45) is 0 Å². The molecule has 0 spiro atoms. The number of hydrogen-bond donors (Lipinski definition) is 2. The number of hydrogen-bond acceptors (Lipinski definition) is 3. The third-order valence-electron chi connectivity index (χ3n) is 5.09. The van der Waals surface area contributed by atoms with Gasteiger partial charge in [0.15, 0.2) is 0 Å². The Bertz CT molecular complexity index is 710. The van der Waals surface area contributed by atoms with Crippen molar-refractivity contribution in [2.45, 2.75) is 65.0 Å². The quantitative estimate of drug-likeness (QED) is 0.767. The summed E-state index contributed by atoms with van der Waals surface area (Å²) in [5.74, 6) is -0.378. The van der Waals surface area contributed by atoms with Gasteiger partial charge < -0.3 is 10.6 Å². The number of rotatable bonds is 6. The summed E-state index contributed by atoms with van der Waals surface area (Å²) in [6.07, 6.45) is 0.749. The van der Waals surface area contributed by atoms with E-state index in [0.717, 1.165) is 16.9 Å². The van der Waals surface area contributed by atoms with Crippen LogP contribution in [-0.4, -0.2) is 34.8 Å². The van der Waals surface area contributed by atoms with Crippen LogP contribution in [0.4, 0.5) is 4.79 Å². The Hall–Kier alpha value is -2.37. The first-order valence-electron chi connectivity index (χ1n) is 9.05. The van der Waals surface area contributed by atoms with Gasteiger partial charge >= 0.3 is 6.03 Å². The summed E-state index contributed by atoms with van der Waals surface area (Å²) in [6, 6.07) is 7.09. The minimum absolute atomic E-state index is 0.284. The zero-order valence-corrected chi connectivity index (χ0v) is 16.5. The summed E-state index contributed by atoms with van der Waals surface area (Å²) in [6.45, 7) is 11.3. The molecule has 1 saturated heterocycles. The number of amides is 4. The van der Waals surface area contributed by atoms with Crippen LogP contribution in [0.2, 0.25) is 0 Å². The molecule has 1 aromatic carbocycles. The van der Waals surface area contributed by atoms with E-state index in [9.17, 15) is 14.4 Å². The molecule has 2 N–H and O–H groups in total. The molecule has 142 valence electrons. The smallest absolute Gasteiger partial charge is 0.325 e. The van der Waals surface area contributed by atoms with Gasteiger partial charge in [-0.2, -0.15) is 0 Å². The van der Waals surface area contributed by atoms with E-state index in [1.165, 1.54) is 0 Å². The topological polar surface area (TPSA) is 78.5 Å². The fourth-order valence-corrected chi connectivity index (χ4v) is 2.89.